The Balaban J connectivity index is 1.18. The molecule has 2 saturated heterocycles. The molecule has 5 heterocycles. The summed E-state index contributed by atoms with van der Waals surface area (Å²) in [5.41, 5.74) is 2.63. The first-order valence-electron chi connectivity index (χ1n) is 19.3. The van der Waals surface area contributed by atoms with E-state index in [1.165, 1.54) is 0 Å². The number of pyridine rings is 2. The van der Waals surface area contributed by atoms with Crippen molar-refractivity contribution in [2.45, 2.75) is 52.0 Å². The molecule has 0 saturated carbocycles. The SMILES string of the molecule is C[C@H]1CN(c2ccncc2NC(=O)c2nc3cc(N4CCN(C)C(=O)C4)ccc3cc2NC(=O)OCc2ccccc2)C[C@@H](NC(=O)OC(C)(C)C)[C@H]1n1ccn1C. The number of amides is 4. The van der Waals surface area contributed by atoms with Crippen LogP contribution in [0.2, 0.25) is 0 Å². The summed E-state index contributed by atoms with van der Waals surface area (Å²) in [7, 11) is 3.74. The maximum absolute atomic E-state index is 14.4. The Labute approximate surface area is 337 Å². The Bertz CT molecular complexity index is 2300. The highest BCUT2D eigenvalue weighted by Crippen LogP contribution is 2.36. The number of benzene rings is 2. The fraction of sp³-hybridized carbons (Fsp3) is 0.381. The molecule has 5 aromatic rings. The molecule has 0 bridgehead atoms. The van der Waals surface area contributed by atoms with E-state index in [1.54, 1.807) is 30.4 Å². The lowest BCUT2D eigenvalue weighted by Gasteiger charge is -2.46. The van der Waals surface area contributed by atoms with Crippen molar-refractivity contribution in [3.05, 3.63) is 96.7 Å². The number of nitrogens with zero attached hydrogens (tertiary/aromatic N) is 7. The molecular formula is C42H50N10O6. The van der Waals surface area contributed by atoms with E-state index in [2.05, 4.69) is 37.4 Å². The van der Waals surface area contributed by atoms with Gasteiger partial charge in [0.2, 0.25) is 5.91 Å². The van der Waals surface area contributed by atoms with Crippen LogP contribution in [-0.4, -0.2) is 99.6 Å². The smallest absolute Gasteiger partial charge is 0.412 e. The number of aromatic nitrogens is 4. The molecule has 304 valence electrons. The lowest BCUT2D eigenvalue weighted by atomic mass is 9.89. The number of anilines is 4. The minimum absolute atomic E-state index is 0.00972. The molecule has 2 aliphatic rings. The quantitative estimate of drug-likeness (QED) is 0.170. The molecule has 0 spiro atoms. The summed E-state index contributed by atoms with van der Waals surface area (Å²) >= 11 is 0. The molecule has 3 N–H and O–H groups in total. The number of rotatable bonds is 9. The fourth-order valence-electron chi connectivity index (χ4n) is 7.50. The van der Waals surface area contributed by atoms with E-state index in [9.17, 15) is 19.2 Å². The van der Waals surface area contributed by atoms with E-state index >= 15 is 0 Å². The number of carbonyl (C=O) groups is 4. The van der Waals surface area contributed by atoms with Gasteiger partial charge in [-0.1, -0.05) is 43.3 Å². The van der Waals surface area contributed by atoms with Crippen molar-refractivity contribution in [2.24, 2.45) is 13.0 Å². The van der Waals surface area contributed by atoms with Crippen LogP contribution in [0.1, 0.15) is 49.8 Å². The molecule has 16 nitrogen and oxygen atoms in total. The van der Waals surface area contributed by atoms with Crippen LogP contribution in [-0.2, 0) is 27.9 Å². The van der Waals surface area contributed by atoms with E-state index < -0.39 is 23.7 Å². The first-order valence-corrected chi connectivity index (χ1v) is 19.3. The third-order valence-electron chi connectivity index (χ3n) is 10.4. The Hall–Kier alpha value is -6.58. The zero-order valence-electron chi connectivity index (χ0n) is 33.6. The second-order valence-corrected chi connectivity index (χ2v) is 15.9. The molecule has 0 radical (unpaired) electrons. The normalized spacial score (nSPS) is 18.6. The molecule has 2 aromatic carbocycles. The largest absolute Gasteiger partial charge is 0.444 e. The minimum Gasteiger partial charge on any atom is -0.444 e. The van der Waals surface area contributed by atoms with Crippen LogP contribution in [0.4, 0.5) is 32.3 Å². The van der Waals surface area contributed by atoms with Crippen molar-refractivity contribution < 1.29 is 28.7 Å². The Kier molecular flexibility index (Phi) is 11.3. The van der Waals surface area contributed by atoms with E-state index in [-0.39, 0.29) is 48.4 Å². The van der Waals surface area contributed by atoms with Crippen LogP contribution in [0, 0.1) is 5.92 Å². The third-order valence-corrected chi connectivity index (χ3v) is 10.4. The highest BCUT2D eigenvalue weighted by molar-refractivity contribution is 6.11. The summed E-state index contributed by atoms with van der Waals surface area (Å²) in [6.07, 6.45) is 5.90. The van der Waals surface area contributed by atoms with Crippen LogP contribution >= 0.6 is 0 Å². The summed E-state index contributed by atoms with van der Waals surface area (Å²) in [6.45, 7) is 10.1. The average Bonchev–Trinajstić information content (AvgIpc) is 3.18. The fourth-order valence-corrected chi connectivity index (χ4v) is 7.50. The van der Waals surface area contributed by atoms with Gasteiger partial charge in [0.15, 0.2) is 5.69 Å². The lowest BCUT2D eigenvalue weighted by molar-refractivity contribution is -0.129. The Morgan fingerprint density at radius 1 is 0.897 bits per heavy atom. The molecule has 0 unspecified atom stereocenters. The van der Waals surface area contributed by atoms with Gasteiger partial charge in [-0.05, 0) is 56.5 Å². The van der Waals surface area contributed by atoms with Crippen LogP contribution in [0.5, 0.6) is 0 Å². The number of fused-ring (bicyclic) bond motifs is 1. The molecule has 7 rings (SSSR count). The molecule has 0 aliphatic carbocycles. The van der Waals surface area contributed by atoms with Crippen molar-refractivity contribution in [1.29, 1.82) is 0 Å². The Morgan fingerprint density at radius 2 is 1.69 bits per heavy atom. The molecule has 2 aliphatic heterocycles. The van der Waals surface area contributed by atoms with Gasteiger partial charge >= 0.3 is 12.2 Å². The van der Waals surface area contributed by atoms with Gasteiger partial charge in [0, 0.05) is 69.9 Å². The topological polar surface area (TPSA) is 168 Å². The van der Waals surface area contributed by atoms with Crippen molar-refractivity contribution in [3.8, 4) is 0 Å². The highest BCUT2D eigenvalue weighted by Gasteiger charge is 2.39. The predicted molar refractivity (Wildman–Crippen MR) is 221 cm³/mol. The van der Waals surface area contributed by atoms with Crippen LogP contribution < -0.4 is 25.8 Å². The number of piperazine rings is 1. The second-order valence-electron chi connectivity index (χ2n) is 15.9. The molecular weight excluding hydrogens is 741 g/mol. The average molecular weight is 791 g/mol. The molecule has 2 fully saturated rings. The summed E-state index contributed by atoms with van der Waals surface area (Å²) in [5.74, 6) is -0.522. The van der Waals surface area contributed by atoms with Gasteiger partial charge in [-0.3, -0.25) is 29.3 Å². The standard InChI is InChI=1S/C42H50N10O6/c1-27-23-51(24-34(38(27)52-19-17-49(52)6)47-41(56)58-42(2,3)4)35-14-15-43-22-33(35)45-39(54)37-32(46-40(55)57-26-28-10-8-7-9-11-28)20-29-12-13-30(21-31(29)44-37)50-18-16-48(5)36(53)25-50/h7-15,17,19-22,27,34,38H,16,18,23-26H2,1-6H3,(H,45,54)(H,46,55)(H,47,56)/t27-,34+,38-/m0/s1. The van der Waals surface area contributed by atoms with Gasteiger partial charge in [0.05, 0.1) is 47.4 Å². The number of carbonyl (C=O) groups excluding carboxylic acids is 4. The van der Waals surface area contributed by atoms with Crippen LogP contribution in [0.15, 0.2) is 85.5 Å². The van der Waals surface area contributed by atoms with Gasteiger partial charge in [0.25, 0.3) is 5.91 Å². The van der Waals surface area contributed by atoms with Gasteiger partial charge in [0.1, 0.15) is 12.2 Å². The summed E-state index contributed by atoms with van der Waals surface area (Å²) in [5, 5.41) is 9.54. The number of piperidine rings is 1. The van der Waals surface area contributed by atoms with Crippen molar-refractivity contribution in [1.82, 2.24) is 29.5 Å². The van der Waals surface area contributed by atoms with Crippen molar-refractivity contribution in [2.75, 3.05) is 60.2 Å². The molecule has 3 aromatic heterocycles. The maximum Gasteiger partial charge on any atom is 0.412 e. The van der Waals surface area contributed by atoms with Crippen molar-refractivity contribution in [3.63, 3.8) is 0 Å². The van der Waals surface area contributed by atoms with Gasteiger partial charge in [-0.25, -0.2) is 14.6 Å². The zero-order valence-corrected chi connectivity index (χ0v) is 33.6. The zero-order chi connectivity index (χ0) is 41.1. The van der Waals surface area contributed by atoms with E-state index in [0.717, 1.165) is 11.3 Å². The molecule has 16 heteroatoms. The lowest BCUT2D eigenvalue weighted by Crippen LogP contribution is -2.58. The van der Waals surface area contributed by atoms with Gasteiger partial charge in [-0.2, -0.15) is 0 Å². The number of nitrogens with one attached hydrogen (secondary N) is 3. The number of aryl methyl sites for hydroxylation is 1. The molecule has 58 heavy (non-hydrogen) atoms. The third kappa shape index (κ3) is 9.01. The van der Waals surface area contributed by atoms with Crippen LogP contribution in [0.3, 0.4) is 0 Å². The maximum atomic E-state index is 14.4. The number of alkyl carbamates (subject to hydrolysis) is 1. The number of hydrogen-bond acceptors (Lipinski definition) is 10. The first kappa shape index (κ1) is 39.6. The summed E-state index contributed by atoms with van der Waals surface area (Å²) in [6, 6.07) is 18.0. The van der Waals surface area contributed by atoms with E-state index in [4.69, 9.17) is 14.5 Å². The van der Waals surface area contributed by atoms with E-state index in [1.807, 2.05) is 104 Å². The number of hydrogen-bond donors (Lipinski definition) is 3. The summed E-state index contributed by atoms with van der Waals surface area (Å²) < 4.78 is 15.3. The van der Waals surface area contributed by atoms with Gasteiger partial charge in [-0.15, -0.1) is 0 Å². The van der Waals surface area contributed by atoms with Gasteiger partial charge < -0.3 is 34.8 Å². The summed E-state index contributed by atoms with van der Waals surface area (Å²) in [4.78, 5) is 68.1. The Morgan fingerprint density at radius 3 is 2.40 bits per heavy atom. The number of ether oxygens (including phenoxy) is 2. The molecule has 3 atom stereocenters. The van der Waals surface area contributed by atoms with Crippen molar-refractivity contribution >= 4 is 57.7 Å². The molecule has 4 amide bonds. The minimum atomic E-state index is -0.753. The predicted octanol–water partition coefficient (Wildman–Crippen LogP) is 5.64. The monoisotopic (exact) mass is 790 g/mol. The highest BCUT2D eigenvalue weighted by atomic mass is 16.6. The second kappa shape index (κ2) is 16.5. The number of likely N-dealkylation sites (N-methyl/N-ethyl adjacent to an activating group) is 1. The van der Waals surface area contributed by atoms with Crippen LogP contribution in [0.25, 0.3) is 10.9 Å². The van der Waals surface area contributed by atoms with E-state index in [0.29, 0.717) is 48.5 Å². The first-order chi connectivity index (χ1) is 27.7.